The summed E-state index contributed by atoms with van der Waals surface area (Å²) in [6, 6.07) is 10.9. The van der Waals surface area contributed by atoms with Crippen molar-refractivity contribution in [3.8, 4) is 17.0 Å². The van der Waals surface area contributed by atoms with E-state index in [1.54, 1.807) is 37.6 Å². The van der Waals surface area contributed by atoms with Gasteiger partial charge in [-0.2, -0.15) is 0 Å². The quantitative estimate of drug-likeness (QED) is 0.228. The van der Waals surface area contributed by atoms with Crippen LogP contribution in [0.25, 0.3) is 16.1 Å². The molecule has 3 aromatic rings. The highest BCUT2D eigenvalue weighted by Crippen LogP contribution is 2.39. The second kappa shape index (κ2) is 9.98. The highest BCUT2D eigenvalue weighted by atomic mass is 35.5. The van der Waals surface area contributed by atoms with Crippen molar-refractivity contribution in [2.24, 2.45) is 0 Å². The second-order valence-electron chi connectivity index (χ2n) is 8.61. The van der Waals surface area contributed by atoms with Crippen LogP contribution in [0.15, 0.2) is 55.0 Å². The Balaban J connectivity index is 1.40. The van der Waals surface area contributed by atoms with E-state index in [1.165, 1.54) is 4.90 Å². The lowest BCUT2D eigenvalue weighted by atomic mass is 10.0. The third kappa shape index (κ3) is 4.70. The molecule has 9 heteroatoms. The molecule has 1 amide bonds. The first-order valence-electron chi connectivity index (χ1n) is 11.1. The fourth-order valence-corrected chi connectivity index (χ4v) is 4.69. The summed E-state index contributed by atoms with van der Waals surface area (Å²) in [5.74, 6) is 0.544. The van der Waals surface area contributed by atoms with Gasteiger partial charge in [0.05, 0.1) is 35.8 Å². The van der Waals surface area contributed by atoms with Crippen LogP contribution in [0.3, 0.4) is 0 Å². The molecule has 4 rings (SSSR count). The second-order valence-corrected chi connectivity index (χ2v) is 9.35. The van der Waals surface area contributed by atoms with Gasteiger partial charge in [0.25, 0.3) is 5.91 Å². The van der Waals surface area contributed by atoms with E-state index >= 15 is 0 Å². The van der Waals surface area contributed by atoms with E-state index in [1.807, 2.05) is 43.0 Å². The fourth-order valence-electron chi connectivity index (χ4n) is 3.98. The van der Waals surface area contributed by atoms with Crippen LogP contribution in [0.2, 0.25) is 5.02 Å². The Bertz CT molecular complexity index is 1310. The Kier molecular flexibility index (Phi) is 7.01. The number of halogens is 1. The highest BCUT2D eigenvalue weighted by Gasteiger charge is 2.49. The Hall–Kier alpha value is -3.54. The number of benzene rings is 1. The molecule has 178 valence electrons. The summed E-state index contributed by atoms with van der Waals surface area (Å²) < 4.78 is 5.87. The molecule has 0 unspecified atom stereocenters. The van der Waals surface area contributed by atoms with Gasteiger partial charge in [0.15, 0.2) is 5.11 Å². The first-order valence-corrected chi connectivity index (χ1v) is 11.9. The molecule has 0 bridgehead atoms. The van der Waals surface area contributed by atoms with Crippen molar-refractivity contribution in [3.05, 3.63) is 77.0 Å². The van der Waals surface area contributed by atoms with Crippen molar-refractivity contribution in [1.29, 1.82) is 0 Å². The number of carbonyl (C=O) groups is 1. The smallest absolute Gasteiger partial charge is 0.258 e. The van der Waals surface area contributed by atoms with Gasteiger partial charge < -0.3 is 9.64 Å². The predicted octanol–water partition coefficient (Wildman–Crippen LogP) is 5.84. The van der Waals surface area contributed by atoms with Gasteiger partial charge >= 0.3 is 0 Å². The van der Waals surface area contributed by atoms with Crippen molar-refractivity contribution in [2.45, 2.75) is 32.7 Å². The number of nitrogens with zero attached hydrogens (tertiary/aromatic N) is 5. The Morgan fingerprint density at radius 3 is 2.57 bits per heavy atom. The van der Waals surface area contributed by atoms with E-state index in [4.69, 9.17) is 35.1 Å². The van der Waals surface area contributed by atoms with E-state index in [2.05, 4.69) is 14.8 Å². The van der Waals surface area contributed by atoms with Crippen LogP contribution < -0.4 is 9.64 Å². The Morgan fingerprint density at radius 1 is 1.17 bits per heavy atom. The third-order valence-corrected chi connectivity index (χ3v) is 6.91. The van der Waals surface area contributed by atoms with Crippen molar-refractivity contribution in [1.82, 2.24) is 14.9 Å². The molecule has 1 aliphatic heterocycles. The van der Waals surface area contributed by atoms with Gasteiger partial charge in [0, 0.05) is 24.5 Å². The molecular weight excluding hydrogens is 482 g/mol. The zero-order chi connectivity index (χ0) is 25.2. The number of aromatic nitrogens is 2. The predicted molar refractivity (Wildman–Crippen MR) is 141 cm³/mol. The molecule has 3 heterocycles. The number of pyridine rings is 2. The molecule has 35 heavy (non-hydrogen) atoms. The van der Waals surface area contributed by atoms with E-state index in [0.29, 0.717) is 52.4 Å². The number of amides is 1. The Labute approximate surface area is 215 Å². The van der Waals surface area contributed by atoms with Crippen LogP contribution in [-0.4, -0.2) is 44.6 Å². The lowest BCUT2D eigenvalue weighted by Crippen LogP contribution is -2.44. The zero-order valence-corrected chi connectivity index (χ0v) is 21.2. The topological polar surface area (TPSA) is 62.9 Å². The summed E-state index contributed by atoms with van der Waals surface area (Å²) in [5, 5.41) is 0.749. The van der Waals surface area contributed by atoms with Gasteiger partial charge in [-0.05, 0) is 75.3 Å². The van der Waals surface area contributed by atoms with Crippen molar-refractivity contribution in [2.75, 3.05) is 18.1 Å². The van der Waals surface area contributed by atoms with Crippen LogP contribution >= 0.6 is 23.8 Å². The number of rotatable bonds is 7. The van der Waals surface area contributed by atoms with Crippen LogP contribution in [0, 0.1) is 13.5 Å². The SMILES string of the molecule is [C-]#[N+]c1ccc(N2C(=O)C(C)(C)N(CCCOc3ccc(-c4ccncc4)nc3)C2=S)c(C)c1Cl. The molecule has 1 saturated heterocycles. The first kappa shape index (κ1) is 24.6. The minimum absolute atomic E-state index is 0.131. The summed E-state index contributed by atoms with van der Waals surface area (Å²) in [6.07, 6.45) is 5.82. The van der Waals surface area contributed by atoms with Gasteiger partial charge in [0.1, 0.15) is 11.3 Å². The summed E-state index contributed by atoms with van der Waals surface area (Å²) in [5.41, 5.74) is 2.63. The molecule has 0 spiro atoms. The first-order chi connectivity index (χ1) is 16.8. The van der Waals surface area contributed by atoms with Crippen LogP contribution in [0.5, 0.6) is 5.75 Å². The summed E-state index contributed by atoms with van der Waals surface area (Å²) in [4.78, 5) is 28.7. The lowest BCUT2D eigenvalue weighted by molar-refractivity contribution is -0.123. The van der Waals surface area contributed by atoms with Gasteiger partial charge in [-0.15, -0.1) is 0 Å². The molecular formula is C26H24ClN5O2S. The minimum Gasteiger partial charge on any atom is -0.492 e. The average molecular weight is 506 g/mol. The van der Waals surface area contributed by atoms with Gasteiger partial charge in [-0.1, -0.05) is 17.7 Å². The molecule has 1 fully saturated rings. The standard InChI is InChI=1S/C26H24ClN5O2S/c1-17-22(9-8-21(28-4)23(17)27)32-24(33)26(2,3)31(25(32)35)14-5-15-34-19-6-7-20(30-16-19)18-10-12-29-13-11-18/h6-13,16H,5,14-15H2,1-3H3. The highest BCUT2D eigenvalue weighted by molar-refractivity contribution is 7.80. The molecule has 1 aliphatic rings. The minimum atomic E-state index is -0.817. The van der Waals surface area contributed by atoms with Crippen LogP contribution in [-0.2, 0) is 4.79 Å². The van der Waals surface area contributed by atoms with Gasteiger partial charge in [0.2, 0.25) is 5.69 Å². The number of carbonyl (C=O) groups excluding carboxylic acids is 1. The molecule has 0 atom stereocenters. The van der Waals surface area contributed by atoms with Crippen molar-refractivity contribution >= 4 is 46.2 Å². The monoisotopic (exact) mass is 505 g/mol. The molecule has 0 N–H and O–H groups in total. The largest absolute Gasteiger partial charge is 0.492 e. The molecule has 7 nitrogen and oxygen atoms in total. The summed E-state index contributed by atoms with van der Waals surface area (Å²) >= 11 is 12.1. The number of hydrogen-bond donors (Lipinski definition) is 0. The average Bonchev–Trinajstić information content (AvgIpc) is 3.03. The van der Waals surface area contributed by atoms with Crippen molar-refractivity contribution < 1.29 is 9.53 Å². The van der Waals surface area contributed by atoms with E-state index in [0.717, 1.165) is 11.3 Å². The molecule has 1 aromatic carbocycles. The van der Waals surface area contributed by atoms with E-state index < -0.39 is 5.54 Å². The molecule has 0 aliphatic carbocycles. The maximum Gasteiger partial charge on any atom is 0.258 e. The summed E-state index contributed by atoms with van der Waals surface area (Å²) in [7, 11) is 0. The fraction of sp³-hybridized carbons (Fsp3) is 0.269. The van der Waals surface area contributed by atoms with Crippen LogP contribution in [0.1, 0.15) is 25.8 Å². The van der Waals surface area contributed by atoms with Gasteiger partial charge in [-0.3, -0.25) is 19.7 Å². The number of anilines is 1. The maximum atomic E-state index is 13.3. The lowest BCUT2D eigenvalue weighted by Gasteiger charge is -2.29. The summed E-state index contributed by atoms with van der Waals surface area (Å²) in [6.45, 7) is 13.7. The Morgan fingerprint density at radius 2 is 1.91 bits per heavy atom. The molecule has 0 radical (unpaired) electrons. The van der Waals surface area contributed by atoms with E-state index in [9.17, 15) is 4.79 Å². The van der Waals surface area contributed by atoms with Crippen molar-refractivity contribution in [3.63, 3.8) is 0 Å². The van der Waals surface area contributed by atoms with Gasteiger partial charge in [-0.25, -0.2) is 4.85 Å². The molecule has 0 saturated carbocycles. The maximum absolute atomic E-state index is 13.3. The zero-order valence-electron chi connectivity index (χ0n) is 19.7. The van der Waals surface area contributed by atoms with E-state index in [-0.39, 0.29) is 5.91 Å². The number of thiocarbonyl (C=S) groups is 1. The normalized spacial score (nSPS) is 14.8. The number of hydrogen-bond acceptors (Lipinski definition) is 5. The number of ether oxygens (including phenoxy) is 1. The third-order valence-electron chi connectivity index (χ3n) is 6.03. The van der Waals surface area contributed by atoms with Crippen LogP contribution in [0.4, 0.5) is 11.4 Å². The molecule has 2 aromatic heterocycles.